The number of hydrogen-bond donors (Lipinski definition) is 1. The Kier molecular flexibility index (Phi) is 6.35. The summed E-state index contributed by atoms with van der Waals surface area (Å²) in [4.78, 5) is 25.9. The predicted octanol–water partition coefficient (Wildman–Crippen LogP) is 4.55. The molecule has 4 rings (SSSR count). The minimum absolute atomic E-state index is 0.00510. The van der Waals surface area contributed by atoms with E-state index in [0.717, 1.165) is 17.8 Å². The molecule has 1 unspecified atom stereocenters. The number of para-hydroxylation sites is 1. The monoisotopic (exact) mass is 439 g/mol. The highest BCUT2D eigenvalue weighted by Gasteiger charge is 2.39. The predicted molar refractivity (Wildman–Crippen MR) is 114 cm³/mol. The first-order valence-electron chi connectivity index (χ1n) is 10.5. The van der Waals surface area contributed by atoms with E-state index in [1.807, 2.05) is 18.2 Å². The number of esters is 1. The molecule has 1 heterocycles. The molecule has 2 aromatic carbocycles. The number of halogens is 2. The van der Waals surface area contributed by atoms with Crippen LogP contribution < -0.4 is 10.1 Å². The molecule has 1 aliphatic carbocycles. The van der Waals surface area contributed by atoms with E-state index in [1.165, 1.54) is 6.07 Å². The van der Waals surface area contributed by atoms with Gasteiger partial charge in [0.05, 0.1) is 5.57 Å². The molecule has 2 aliphatic rings. The van der Waals surface area contributed by atoms with Crippen molar-refractivity contribution < 1.29 is 27.8 Å². The van der Waals surface area contributed by atoms with Gasteiger partial charge >= 0.3 is 5.97 Å². The highest BCUT2D eigenvalue weighted by molar-refractivity contribution is 6.03. The summed E-state index contributed by atoms with van der Waals surface area (Å²) >= 11 is 0. The number of hydrogen-bond acceptors (Lipinski definition) is 5. The van der Waals surface area contributed by atoms with Crippen molar-refractivity contribution in [2.24, 2.45) is 0 Å². The standard InChI is InChI=1S/C25H23F2NO4/c1-15-22(25(30)32-13-12-31-17-6-3-2-4-7-17)23(16-10-11-18(26)19(27)14-16)24-20(28-15)8-5-9-21(24)29/h2-4,6-7,10-11,14,23,28H,5,8-9,12-13H2,1H3. The Morgan fingerprint density at radius 3 is 2.59 bits per heavy atom. The molecule has 1 aliphatic heterocycles. The zero-order valence-electron chi connectivity index (χ0n) is 17.6. The van der Waals surface area contributed by atoms with Crippen LogP contribution in [0.25, 0.3) is 0 Å². The van der Waals surface area contributed by atoms with Crippen LogP contribution >= 0.6 is 0 Å². The number of dihydropyridines is 1. The van der Waals surface area contributed by atoms with Gasteiger partial charge in [0.2, 0.25) is 0 Å². The van der Waals surface area contributed by atoms with Crippen LogP contribution in [0.3, 0.4) is 0 Å². The SMILES string of the molecule is CC1=C(C(=O)OCCOc2ccccc2)C(c2ccc(F)c(F)c2)C2=C(CCCC2=O)N1. The van der Waals surface area contributed by atoms with Crippen molar-refractivity contribution in [1.82, 2.24) is 5.32 Å². The third-order valence-corrected chi connectivity index (χ3v) is 5.60. The Hall–Kier alpha value is -3.48. The first-order valence-corrected chi connectivity index (χ1v) is 10.5. The van der Waals surface area contributed by atoms with E-state index in [9.17, 15) is 18.4 Å². The van der Waals surface area contributed by atoms with E-state index in [0.29, 0.717) is 41.8 Å². The van der Waals surface area contributed by atoms with E-state index in [1.54, 1.807) is 19.1 Å². The van der Waals surface area contributed by atoms with Gasteiger partial charge in [0.1, 0.15) is 19.0 Å². The second-order valence-corrected chi connectivity index (χ2v) is 7.74. The number of benzene rings is 2. The molecule has 2 aromatic rings. The van der Waals surface area contributed by atoms with E-state index < -0.39 is 23.5 Å². The maximum atomic E-state index is 14.0. The van der Waals surface area contributed by atoms with Crippen LogP contribution in [-0.4, -0.2) is 25.0 Å². The van der Waals surface area contributed by atoms with Crippen molar-refractivity contribution in [3.63, 3.8) is 0 Å². The Morgan fingerprint density at radius 1 is 1.06 bits per heavy atom. The lowest BCUT2D eigenvalue weighted by Crippen LogP contribution is -2.34. The number of carbonyl (C=O) groups excluding carboxylic acids is 2. The summed E-state index contributed by atoms with van der Waals surface area (Å²) in [7, 11) is 0. The van der Waals surface area contributed by atoms with Gasteiger partial charge in [-0.3, -0.25) is 4.79 Å². The van der Waals surface area contributed by atoms with E-state index in [2.05, 4.69) is 5.32 Å². The fourth-order valence-electron chi connectivity index (χ4n) is 4.17. The van der Waals surface area contributed by atoms with Crippen LogP contribution in [-0.2, 0) is 14.3 Å². The summed E-state index contributed by atoms with van der Waals surface area (Å²) in [5.74, 6) is -2.94. The number of carbonyl (C=O) groups is 2. The fraction of sp³-hybridized carbons (Fsp3) is 0.280. The Morgan fingerprint density at radius 2 is 1.84 bits per heavy atom. The van der Waals surface area contributed by atoms with Crippen LogP contribution in [0.1, 0.15) is 37.7 Å². The van der Waals surface area contributed by atoms with Gasteiger partial charge < -0.3 is 14.8 Å². The molecule has 32 heavy (non-hydrogen) atoms. The minimum atomic E-state index is -1.03. The molecule has 1 atom stereocenters. The van der Waals surface area contributed by atoms with Gasteiger partial charge in [-0.05, 0) is 49.6 Å². The molecule has 5 nitrogen and oxygen atoms in total. The number of rotatable bonds is 6. The molecule has 0 fully saturated rings. The highest BCUT2D eigenvalue weighted by atomic mass is 19.2. The summed E-state index contributed by atoms with van der Waals surface area (Å²) in [6, 6.07) is 12.6. The molecule has 0 saturated carbocycles. The van der Waals surface area contributed by atoms with Crippen LogP contribution in [0.2, 0.25) is 0 Å². The first kappa shape index (κ1) is 21.7. The fourth-order valence-corrected chi connectivity index (χ4v) is 4.17. The van der Waals surface area contributed by atoms with E-state index in [-0.39, 0.29) is 24.6 Å². The van der Waals surface area contributed by atoms with E-state index in [4.69, 9.17) is 9.47 Å². The van der Waals surface area contributed by atoms with Gasteiger partial charge in [0.15, 0.2) is 17.4 Å². The molecule has 0 aromatic heterocycles. The lowest BCUT2D eigenvalue weighted by atomic mass is 9.75. The van der Waals surface area contributed by atoms with Gasteiger partial charge in [-0.15, -0.1) is 0 Å². The minimum Gasteiger partial charge on any atom is -0.490 e. The molecular weight excluding hydrogens is 416 g/mol. The van der Waals surface area contributed by atoms with Gasteiger partial charge in [0, 0.05) is 29.3 Å². The Bertz CT molecular complexity index is 1110. The average Bonchev–Trinajstić information content (AvgIpc) is 2.78. The lowest BCUT2D eigenvalue weighted by Gasteiger charge is -2.34. The van der Waals surface area contributed by atoms with Gasteiger partial charge in [-0.25, -0.2) is 13.6 Å². The zero-order valence-corrected chi connectivity index (χ0v) is 17.6. The number of nitrogens with one attached hydrogen (secondary N) is 1. The first-order chi connectivity index (χ1) is 15.5. The van der Waals surface area contributed by atoms with Crippen molar-refractivity contribution in [3.8, 4) is 5.75 Å². The largest absolute Gasteiger partial charge is 0.490 e. The Balaban J connectivity index is 1.58. The molecule has 0 bridgehead atoms. The number of Topliss-reactive ketones (excluding diaryl/α,β-unsaturated/α-hetero) is 1. The van der Waals surface area contributed by atoms with Crippen LogP contribution in [0.4, 0.5) is 8.78 Å². The maximum absolute atomic E-state index is 14.0. The molecule has 7 heteroatoms. The summed E-state index contributed by atoms with van der Waals surface area (Å²) < 4.78 is 38.6. The topological polar surface area (TPSA) is 64.6 Å². The molecule has 0 saturated heterocycles. The number of ether oxygens (including phenoxy) is 2. The Labute approximate surface area is 184 Å². The third-order valence-electron chi connectivity index (χ3n) is 5.60. The van der Waals surface area contributed by atoms with Crippen LogP contribution in [0.15, 0.2) is 71.1 Å². The van der Waals surface area contributed by atoms with E-state index >= 15 is 0 Å². The average molecular weight is 439 g/mol. The smallest absolute Gasteiger partial charge is 0.336 e. The van der Waals surface area contributed by atoms with Crippen LogP contribution in [0, 0.1) is 11.6 Å². The second-order valence-electron chi connectivity index (χ2n) is 7.74. The molecule has 0 spiro atoms. The van der Waals surface area contributed by atoms with Crippen molar-refractivity contribution >= 4 is 11.8 Å². The van der Waals surface area contributed by atoms with Gasteiger partial charge in [-0.1, -0.05) is 24.3 Å². The summed E-state index contributed by atoms with van der Waals surface area (Å²) in [5, 5.41) is 3.16. The summed E-state index contributed by atoms with van der Waals surface area (Å²) in [5.41, 5.74) is 2.21. The van der Waals surface area contributed by atoms with Crippen molar-refractivity contribution in [3.05, 3.63) is 88.3 Å². The van der Waals surface area contributed by atoms with Crippen LogP contribution in [0.5, 0.6) is 5.75 Å². The molecular formula is C25H23F2NO4. The summed E-state index contributed by atoms with van der Waals surface area (Å²) in [6.07, 6.45) is 1.68. The number of allylic oxidation sites excluding steroid dienone is 3. The second kappa shape index (κ2) is 9.34. The van der Waals surface area contributed by atoms with Crippen molar-refractivity contribution in [2.75, 3.05) is 13.2 Å². The molecule has 0 radical (unpaired) electrons. The highest BCUT2D eigenvalue weighted by Crippen LogP contribution is 2.42. The van der Waals surface area contributed by atoms with Gasteiger partial charge in [-0.2, -0.15) is 0 Å². The van der Waals surface area contributed by atoms with Gasteiger partial charge in [0.25, 0.3) is 0 Å². The molecule has 1 N–H and O–H groups in total. The number of ketones is 1. The molecule has 0 amide bonds. The van der Waals surface area contributed by atoms with Crippen molar-refractivity contribution in [2.45, 2.75) is 32.1 Å². The zero-order chi connectivity index (χ0) is 22.7. The van der Waals surface area contributed by atoms with Crippen molar-refractivity contribution in [1.29, 1.82) is 0 Å². The molecule has 166 valence electrons. The quantitative estimate of drug-likeness (QED) is 0.528. The summed E-state index contributed by atoms with van der Waals surface area (Å²) in [6.45, 7) is 1.86. The maximum Gasteiger partial charge on any atom is 0.336 e. The lowest BCUT2D eigenvalue weighted by molar-refractivity contribution is -0.140. The third kappa shape index (κ3) is 4.42. The normalized spacial score (nSPS) is 18.2.